The van der Waals surface area contributed by atoms with Gasteiger partial charge in [0, 0.05) is 6.54 Å². The van der Waals surface area contributed by atoms with Crippen molar-refractivity contribution < 1.29 is 34.4 Å². The summed E-state index contributed by atoms with van der Waals surface area (Å²) in [6.07, 6.45) is -3.56. The molecule has 0 aliphatic rings. The summed E-state index contributed by atoms with van der Waals surface area (Å²) in [5.74, 6) is -1.63. The third-order valence-electron chi connectivity index (χ3n) is 3.96. The first-order valence-electron chi connectivity index (χ1n) is 8.56. The molecule has 4 N–H and O–H groups in total. The van der Waals surface area contributed by atoms with Crippen molar-refractivity contribution in [3.05, 3.63) is 47.8 Å². The standard InChI is InChI=1S/C17H19F4N3O4S2/c1-2-3-8-23-15-7-5-11(29(22,25)26)10-16(15)24-30(27,28)12-4-6-14(18)13(9-12)17(19,20)21/h4-7,9-10,23-24H,2-3,8H2,1H3,(H2,22,25,26). The van der Waals surface area contributed by atoms with Crippen LogP contribution in [0.5, 0.6) is 0 Å². The SMILES string of the molecule is CCCCNc1ccc(S(N)(=O)=O)cc1NS(=O)(=O)c1ccc(F)c(C(F)(F)F)c1. The van der Waals surface area contributed by atoms with Gasteiger partial charge in [-0.15, -0.1) is 0 Å². The van der Waals surface area contributed by atoms with Gasteiger partial charge in [-0.3, -0.25) is 4.72 Å². The second kappa shape index (κ2) is 8.78. The Hall–Kier alpha value is -2.38. The molecule has 7 nitrogen and oxygen atoms in total. The van der Waals surface area contributed by atoms with Crippen LogP contribution in [0.4, 0.5) is 28.9 Å². The lowest BCUT2D eigenvalue weighted by molar-refractivity contribution is -0.140. The fourth-order valence-corrected chi connectivity index (χ4v) is 4.07. The molecule has 0 atom stereocenters. The largest absolute Gasteiger partial charge is 0.419 e. The molecule has 13 heteroatoms. The van der Waals surface area contributed by atoms with Crippen LogP contribution in [0.3, 0.4) is 0 Å². The van der Waals surface area contributed by atoms with Gasteiger partial charge < -0.3 is 5.32 Å². The molecule has 0 fully saturated rings. The number of anilines is 2. The molecule has 2 aromatic carbocycles. The van der Waals surface area contributed by atoms with E-state index in [0.717, 1.165) is 25.0 Å². The fourth-order valence-electron chi connectivity index (χ4n) is 2.43. The van der Waals surface area contributed by atoms with Crippen molar-refractivity contribution in [1.82, 2.24) is 0 Å². The van der Waals surface area contributed by atoms with Crippen LogP contribution in [0.25, 0.3) is 0 Å². The number of nitrogens with one attached hydrogen (secondary N) is 2. The Balaban J connectivity index is 2.50. The third kappa shape index (κ3) is 5.83. The second-order valence-electron chi connectivity index (χ2n) is 6.28. The van der Waals surface area contributed by atoms with Crippen LogP contribution in [0.2, 0.25) is 0 Å². The minimum absolute atomic E-state index is 0.158. The van der Waals surface area contributed by atoms with Gasteiger partial charge in [0.15, 0.2) is 0 Å². The van der Waals surface area contributed by atoms with Gasteiger partial charge in [-0.2, -0.15) is 13.2 Å². The van der Waals surface area contributed by atoms with Crippen LogP contribution in [0.15, 0.2) is 46.2 Å². The lowest BCUT2D eigenvalue weighted by Crippen LogP contribution is -2.18. The molecule has 0 unspecified atom stereocenters. The minimum Gasteiger partial charge on any atom is -0.383 e. The van der Waals surface area contributed by atoms with E-state index in [1.807, 2.05) is 11.6 Å². The molecule has 0 heterocycles. The topological polar surface area (TPSA) is 118 Å². The molecule has 0 aliphatic carbocycles. The molecular formula is C17H19F4N3O4S2. The average molecular weight is 469 g/mol. The maximum atomic E-state index is 13.5. The monoisotopic (exact) mass is 469 g/mol. The van der Waals surface area contributed by atoms with Gasteiger partial charge in [-0.25, -0.2) is 26.4 Å². The Morgan fingerprint density at radius 1 is 0.967 bits per heavy atom. The maximum Gasteiger partial charge on any atom is 0.419 e. The number of sulfonamides is 2. The fraction of sp³-hybridized carbons (Fsp3) is 0.294. The van der Waals surface area contributed by atoms with Gasteiger partial charge in [0.1, 0.15) is 5.82 Å². The first-order chi connectivity index (χ1) is 13.8. The van der Waals surface area contributed by atoms with E-state index in [2.05, 4.69) is 5.32 Å². The van der Waals surface area contributed by atoms with E-state index >= 15 is 0 Å². The number of benzene rings is 2. The van der Waals surface area contributed by atoms with Gasteiger partial charge in [-0.1, -0.05) is 13.3 Å². The molecule has 0 aromatic heterocycles. The van der Waals surface area contributed by atoms with Gasteiger partial charge in [0.2, 0.25) is 10.0 Å². The normalized spacial score (nSPS) is 12.6. The highest BCUT2D eigenvalue weighted by Gasteiger charge is 2.35. The number of primary sulfonamides is 1. The lowest BCUT2D eigenvalue weighted by Gasteiger charge is -2.16. The number of rotatable bonds is 8. The molecule has 0 radical (unpaired) electrons. The van der Waals surface area contributed by atoms with E-state index < -0.39 is 47.4 Å². The van der Waals surface area contributed by atoms with Crippen molar-refractivity contribution in [1.29, 1.82) is 0 Å². The predicted molar refractivity (Wildman–Crippen MR) is 103 cm³/mol. The van der Waals surface area contributed by atoms with Crippen LogP contribution in [0, 0.1) is 5.82 Å². The lowest BCUT2D eigenvalue weighted by atomic mass is 10.2. The van der Waals surface area contributed by atoms with Crippen molar-refractivity contribution in [2.24, 2.45) is 5.14 Å². The van der Waals surface area contributed by atoms with E-state index in [-0.39, 0.29) is 17.4 Å². The van der Waals surface area contributed by atoms with Gasteiger partial charge in [0.05, 0.1) is 26.7 Å². The molecule has 0 aliphatic heterocycles. The smallest absolute Gasteiger partial charge is 0.383 e. The molecule has 0 saturated carbocycles. The summed E-state index contributed by atoms with van der Waals surface area (Å²) in [5, 5.41) is 7.97. The average Bonchev–Trinajstić information content (AvgIpc) is 2.61. The van der Waals surface area contributed by atoms with Gasteiger partial charge in [-0.05, 0) is 42.8 Å². The van der Waals surface area contributed by atoms with E-state index in [9.17, 15) is 34.4 Å². The third-order valence-corrected chi connectivity index (χ3v) is 6.24. The number of alkyl halides is 3. The quantitative estimate of drug-likeness (QED) is 0.404. The molecule has 0 bridgehead atoms. The Labute approximate surface area is 171 Å². The Morgan fingerprint density at radius 2 is 1.60 bits per heavy atom. The summed E-state index contributed by atoms with van der Waals surface area (Å²) < 4.78 is 103. The number of hydrogen-bond acceptors (Lipinski definition) is 5. The van der Waals surface area contributed by atoms with Crippen molar-refractivity contribution in [3.63, 3.8) is 0 Å². The molecule has 0 saturated heterocycles. The first kappa shape index (κ1) is 23.9. The first-order valence-corrected chi connectivity index (χ1v) is 11.6. The maximum absolute atomic E-state index is 13.5. The number of hydrogen-bond donors (Lipinski definition) is 3. The summed E-state index contributed by atoms with van der Waals surface area (Å²) in [6, 6.07) is 4.58. The molecule has 2 rings (SSSR count). The Kier molecular flexibility index (Phi) is 6.99. The molecule has 0 amide bonds. The highest BCUT2D eigenvalue weighted by atomic mass is 32.2. The van der Waals surface area contributed by atoms with Crippen molar-refractivity contribution in [3.8, 4) is 0 Å². The molecule has 2 aromatic rings. The van der Waals surface area contributed by atoms with E-state index in [4.69, 9.17) is 5.14 Å². The van der Waals surface area contributed by atoms with Crippen molar-refractivity contribution in [2.75, 3.05) is 16.6 Å². The summed E-state index contributed by atoms with van der Waals surface area (Å²) >= 11 is 0. The van der Waals surface area contributed by atoms with E-state index in [1.54, 1.807) is 0 Å². The van der Waals surface area contributed by atoms with Crippen molar-refractivity contribution in [2.45, 2.75) is 35.7 Å². The van der Waals surface area contributed by atoms with Crippen LogP contribution < -0.4 is 15.2 Å². The molecule has 0 spiro atoms. The minimum atomic E-state index is -5.10. The number of halogens is 4. The zero-order chi connectivity index (χ0) is 22.7. The summed E-state index contributed by atoms with van der Waals surface area (Å²) in [6.45, 7) is 2.34. The zero-order valence-corrected chi connectivity index (χ0v) is 17.3. The summed E-state index contributed by atoms with van der Waals surface area (Å²) in [4.78, 5) is -1.26. The van der Waals surface area contributed by atoms with Crippen LogP contribution in [0.1, 0.15) is 25.3 Å². The highest BCUT2D eigenvalue weighted by molar-refractivity contribution is 7.92. The van der Waals surface area contributed by atoms with E-state index in [0.29, 0.717) is 18.7 Å². The predicted octanol–water partition coefficient (Wildman–Crippen LogP) is 3.50. The zero-order valence-electron chi connectivity index (χ0n) is 15.6. The second-order valence-corrected chi connectivity index (χ2v) is 9.52. The Morgan fingerprint density at radius 3 is 2.17 bits per heavy atom. The van der Waals surface area contributed by atoms with E-state index in [1.165, 1.54) is 6.07 Å². The van der Waals surface area contributed by atoms with Gasteiger partial charge >= 0.3 is 6.18 Å². The van der Waals surface area contributed by atoms with Crippen LogP contribution >= 0.6 is 0 Å². The van der Waals surface area contributed by atoms with Gasteiger partial charge in [0.25, 0.3) is 10.0 Å². The molecule has 166 valence electrons. The Bertz CT molecular complexity index is 1130. The van der Waals surface area contributed by atoms with Crippen LogP contribution in [-0.2, 0) is 26.2 Å². The van der Waals surface area contributed by atoms with Crippen LogP contribution in [-0.4, -0.2) is 23.4 Å². The highest BCUT2D eigenvalue weighted by Crippen LogP contribution is 2.34. The van der Waals surface area contributed by atoms with Crippen molar-refractivity contribution >= 4 is 31.4 Å². The summed E-state index contributed by atoms with van der Waals surface area (Å²) in [7, 11) is -8.80. The summed E-state index contributed by atoms with van der Waals surface area (Å²) in [5.41, 5.74) is -1.79. The number of unbranched alkanes of at least 4 members (excludes halogenated alkanes) is 1. The molecular weight excluding hydrogens is 450 g/mol. The number of nitrogens with two attached hydrogens (primary N) is 1. The molecule has 30 heavy (non-hydrogen) atoms.